The van der Waals surface area contributed by atoms with E-state index in [4.69, 9.17) is 9.84 Å². The third kappa shape index (κ3) is 3.58. The average Bonchev–Trinajstić information content (AvgIpc) is 2.71. The SMILES string of the molecule is CC(C)(C)OC(=O)N1CCCC2(C1)N[C@H](C(=O)O)CS2. The molecule has 0 aromatic carbocycles. The van der Waals surface area contributed by atoms with Crippen LogP contribution < -0.4 is 5.32 Å². The van der Waals surface area contributed by atoms with Crippen LogP contribution in [0.25, 0.3) is 0 Å². The van der Waals surface area contributed by atoms with Crippen molar-refractivity contribution in [2.75, 3.05) is 18.8 Å². The Labute approximate surface area is 123 Å². The van der Waals surface area contributed by atoms with E-state index in [-0.39, 0.29) is 11.0 Å². The predicted octanol–water partition coefficient (Wildman–Crippen LogP) is 1.50. The van der Waals surface area contributed by atoms with E-state index in [2.05, 4.69) is 5.32 Å². The quantitative estimate of drug-likeness (QED) is 0.764. The molecule has 2 heterocycles. The van der Waals surface area contributed by atoms with Gasteiger partial charge in [-0.1, -0.05) is 0 Å². The van der Waals surface area contributed by atoms with E-state index in [0.717, 1.165) is 12.8 Å². The number of hydrogen-bond donors (Lipinski definition) is 2. The summed E-state index contributed by atoms with van der Waals surface area (Å²) in [4.78, 5) is 24.5. The number of ether oxygens (including phenoxy) is 1. The van der Waals surface area contributed by atoms with Crippen LogP contribution in [0.1, 0.15) is 33.6 Å². The number of carboxylic acids is 1. The molecule has 6 nitrogen and oxygen atoms in total. The normalized spacial score (nSPS) is 30.6. The number of nitrogens with one attached hydrogen (secondary N) is 1. The number of thioether (sulfide) groups is 1. The third-order valence-corrected chi connectivity index (χ3v) is 4.87. The topological polar surface area (TPSA) is 78.9 Å². The largest absolute Gasteiger partial charge is 0.480 e. The lowest BCUT2D eigenvalue weighted by Gasteiger charge is -2.40. The van der Waals surface area contributed by atoms with Crippen molar-refractivity contribution in [2.45, 2.75) is 50.1 Å². The number of amides is 1. The summed E-state index contributed by atoms with van der Waals surface area (Å²) in [6.07, 6.45) is 1.41. The van der Waals surface area contributed by atoms with Crippen LogP contribution >= 0.6 is 11.8 Å². The van der Waals surface area contributed by atoms with Gasteiger partial charge in [0.2, 0.25) is 0 Å². The summed E-state index contributed by atoms with van der Waals surface area (Å²) in [5.41, 5.74) is -0.512. The molecule has 114 valence electrons. The molecule has 2 aliphatic heterocycles. The average molecular weight is 302 g/mol. The number of aliphatic carboxylic acids is 1. The number of carbonyl (C=O) groups excluding carboxylic acids is 1. The fourth-order valence-electron chi connectivity index (χ4n) is 2.52. The summed E-state index contributed by atoms with van der Waals surface area (Å²) in [5.74, 6) is -0.291. The summed E-state index contributed by atoms with van der Waals surface area (Å²) >= 11 is 1.60. The first kappa shape index (κ1) is 15.4. The number of hydrogen-bond acceptors (Lipinski definition) is 5. The van der Waals surface area contributed by atoms with E-state index in [1.807, 2.05) is 20.8 Å². The molecule has 0 aromatic heterocycles. The zero-order valence-electron chi connectivity index (χ0n) is 12.1. The smallest absolute Gasteiger partial charge is 0.410 e. The van der Waals surface area contributed by atoms with Gasteiger partial charge in [-0.2, -0.15) is 0 Å². The maximum Gasteiger partial charge on any atom is 0.410 e. The fraction of sp³-hybridized carbons (Fsp3) is 0.846. The van der Waals surface area contributed by atoms with Crippen LogP contribution in [-0.2, 0) is 9.53 Å². The number of piperidine rings is 1. The molecule has 0 aromatic rings. The maximum absolute atomic E-state index is 12.1. The third-order valence-electron chi connectivity index (χ3n) is 3.37. The number of nitrogens with zero attached hydrogens (tertiary/aromatic N) is 1. The minimum Gasteiger partial charge on any atom is -0.480 e. The van der Waals surface area contributed by atoms with Crippen molar-refractivity contribution in [3.63, 3.8) is 0 Å². The molecule has 2 aliphatic rings. The van der Waals surface area contributed by atoms with Gasteiger partial charge in [0.1, 0.15) is 11.6 Å². The van der Waals surface area contributed by atoms with Gasteiger partial charge in [-0.05, 0) is 33.6 Å². The number of rotatable bonds is 1. The zero-order valence-corrected chi connectivity index (χ0v) is 13.0. The van der Waals surface area contributed by atoms with Crippen LogP contribution in [0.3, 0.4) is 0 Å². The van der Waals surface area contributed by atoms with E-state index in [1.54, 1.807) is 16.7 Å². The van der Waals surface area contributed by atoms with Crippen LogP contribution in [0, 0.1) is 0 Å². The lowest BCUT2D eigenvalue weighted by atomic mass is 10.0. The van der Waals surface area contributed by atoms with E-state index in [0.29, 0.717) is 18.8 Å². The van der Waals surface area contributed by atoms with Crippen molar-refractivity contribution in [1.82, 2.24) is 10.2 Å². The van der Waals surface area contributed by atoms with Crippen molar-refractivity contribution < 1.29 is 19.4 Å². The van der Waals surface area contributed by atoms with Gasteiger partial charge in [-0.3, -0.25) is 10.1 Å². The van der Waals surface area contributed by atoms with Crippen molar-refractivity contribution in [3.05, 3.63) is 0 Å². The molecule has 2 atom stereocenters. The maximum atomic E-state index is 12.1. The van der Waals surface area contributed by atoms with E-state index in [1.165, 1.54) is 0 Å². The summed E-state index contributed by atoms with van der Waals surface area (Å²) in [5, 5.41) is 12.2. The highest BCUT2D eigenvalue weighted by molar-refractivity contribution is 8.01. The molecule has 1 spiro atoms. The minimum atomic E-state index is -0.830. The molecule has 7 heteroatoms. The first-order chi connectivity index (χ1) is 9.21. The molecule has 1 unspecified atom stereocenters. The van der Waals surface area contributed by atoms with Gasteiger partial charge in [0, 0.05) is 12.3 Å². The molecule has 2 saturated heterocycles. The lowest BCUT2D eigenvalue weighted by Crippen LogP contribution is -2.56. The second kappa shape index (κ2) is 5.44. The summed E-state index contributed by atoms with van der Waals surface area (Å²) in [6, 6.07) is -0.529. The molecule has 1 amide bonds. The van der Waals surface area contributed by atoms with Gasteiger partial charge >= 0.3 is 12.1 Å². The van der Waals surface area contributed by atoms with Crippen LogP contribution in [0.2, 0.25) is 0 Å². The van der Waals surface area contributed by atoms with Gasteiger partial charge < -0.3 is 14.7 Å². The number of carbonyl (C=O) groups is 2. The van der Waals surface area contributed by atoms with Crippen molar-refractivity contribution in [2.24, 2.45) is 0 Å². The Bertz CT molecular complexity index is 410. The van der Waals surface area contributed by atoms with Crippen LogP contribution in [0.15, 0.2) is 0 Å². The molecule has 2 rings (SSSR count). The van der Waals surface area contributed by atoms with Gasteiger partial charge in [0.05, 0.1) is 11.4 Å². The van der Waals surface area contributed by atoms with Gasteiger partial charge in [0.25, 0.3) is 0 Å². The molecule has 2 N–H and O–H groups in total. The van der Waals surface area contributed by atoms with E-state index < -0.39 is 17.6 Å². The molecule has 2 fully saturated rings. The molecule has 0 aliphatic carbocycles. The first-order valence-electron chi connectivity index (χ1n) is 6.83. The Morgan fingerprint density at radius 2 is 2.15 bits per heavy atom. The lowest BCUT2D eigenvalue weighted by molar-refractivity contribution is -0.139. The molecule has 0 radical (unpaired) electrons. The molecular weight excluding hydrogens is 280 g/mol. The van der Waals surface area contributed by atoms with E-state index >= 15 is 0 Å². The van der Waals surface area contributed by atoms with Crippen molar-refractivity contribution >= 4 is 23.8 Å². The predicted molar refractivity (Wildman–Crippen MR) is 76.8 cm³/mol. The standard InChI is InChI=1S/C13H22N2O4S/c1-12(2,3)19-11(18)15-6-4-5-13(8-15)14-9(7-20-13)10(16)17/h9,14H,4-8H2,1-3H3,(H,16,17)/t9-,13?/m0/s1. The molecule has 0 bridgehead atoms. The second-order valence-electron chi connectivity index (χ2n) is 6.35. The van der Waals surface area contributed by atoms with Gasteiger partial charge in [0.15, 0.2) is 0 Å². The van der Waals surface area contributed by atoms with Crippen molar-refractivity contribution in [1.29, 1.82) is 0 Å². The summed E-state index contributed by atoms with van der Waals surface area (Å²) in [7, 11) is 0. The van der Waals surface area contributed by atoms with Crippen LogP contribution in [0.4, 0.5) is 4.79 Å². The van der Waals surface area contributed by atoms with Gasteiger partial charge in [-0.15, -0.1) is 11.8 Å². The highest BCUT2D eigenvalue weighted by Crippen LogP contribution is 2.38. The molecular formula is C13H22N2O4S. The molecule has 20 heavy (non-hydrogen) atoms. The Hall–Kier alpha value is -0.950. The fourth-order valence-corrected chi connectivity index (χ4v) is 3.99. The van der Waals surface area contributed by atoms with Crippen LogP contribution in [-0.4, -0.2) is 57.4 Å². The minimum absolute atomic E-state index is 0.322. The molecule has 0 saturated carbocycles. The number of likely N-dealkylation sites (tertiary alicyclic amines) is 1. The Kier molecular flexibility index (Phi) is 4.20. The Morgan fingerprint density at radius 3 is 2.70 bits per heavy atom. The van der Waals surface area contributed by atoms with Gasteiger partial charge in [-0.25, -0.2) is 4.79 Å². The monoisotopic (exact) mass is 302 g/mol. The Morgan fingerprint density at radius 1 is 1.45 bits per heavy atom. The highest BCUT2D eigenvalue weighted by Gasteiger charge is 2.46. The Balaban J connectivity index is 1.99. The zero-order chi connectivity index (χ0) is 15.0. The first-order valence-corrected chi connectivity index (χ1v) is 7.82. The summed E-state index contributed by atoms with van der Waals surface area (Å²) in [6.45, 7) is 6.68. The van der Waals surface area contributed by atoms with E-state index in [9.17, 15) is 9.59 Å². The second-order valence-corrected chi connectivity index (χ2v) is 7.75. The number of carboxylic acid groups (broad SMARTS) is 1. The van der Waals surface area contributed by atoms with Crippen LogP contribution in [0.5, 0.6) is 0 Å². The van der Waals surface area contributed by atoms with Crippen molar-refractivity contribution in [3.8, 4) is 0 Å². The highest BCUT2D eigenvalue weighted by atomic mass is 32.2. The summed E-state index contributed by atoms with van der Waals surface area (Å²) < 4.78 is 5.39.